The standard InChI is InChI=1S/C19H20N2O3/c1-12(13-5-7-16-14(9-13)6-8-18(22)21-16)20-10-15-3-2-4-17-19(15)24-11-23-17/h2-5,7,9,12,20H,6,8,10-11H2,1H3,(H,21,22). The molecule has 5 nitrogen and oxygen atoms in total. The molecule has 1 unspecified atom stereocenters. The summed E-state index contributed by atoms with van der Waals surface area (Å²) in [5, 5.41) is 6.46. The average Bonchev–Trinajstić information content (AvgIpc) is 3.08. The predicted octanol–water partition coefficient (Wildman–Crippen LogP) is 3.15. The van der Waals surface area contributed by atoms with Gasteiger partial charge in [-0.15, -0.1) is 0 Å². The van der Waals surface area contributed by atoms with Gasteiger partial charge in [0.25, 0.3) is 0 Å². The summed E-state index contributed by atoms with van der Waals surface area (Å²) in [6, 6.07) is 12.4. The van der Waals surface area contributed by atoms with Crippen LogP contribution in [0.1, 0.15) is 36.1 Å². The van der Waals surface area contributed by atoms with E-state index in [1.807, 2.05) is 18.2 Å². The molecular weight excluding hydrogens is 304 g/mol. The summed E-state index contributed by atoms with van der Waals surface area (Å²) in [6.07, 6.45) is 1.37. The third-order valence-corrected chi connectivity index (χ3v) is 4.60. The van der Waals surface area contributed by atoms with Crippen LogP contribution in [0, 0.1) is 0 Å². The number of nitrogens with one attached hydrogen (secondary N) is 2. The Balaban J connectivity index is 1.46. The lowest BCUT2D eigenvalue weighted by molar-refractivity contribution is -0.116. The Labute approximate surface area is 141 Å². The van der Waals surface area contributed by atoms with E-state index < -0.39 is 0 Å². The molecule has 5 heteroatoms. The fourth-order valence-electron chi connectivity index (χ4n) is 3.18. The molecule has 0 spiro atoms. The van der Waals surface area contributed by atoms with Gasteiger partial charge in [0.2, 0.25) is 12.7 Å². The molecule has 2 N–H and O–H groups in total. The van der Waals surface area contributed by atoms with Crippen LogP contribution < -0.4 is 20.1 Å². The molecule has 0 bridgehead atoms. The third-order valence-electron chi connectivity index (χ3n) is 4.60. The van der Waals surface area contributed by atoms with Gasteiger partial charge in [0.1, 0.15) is 0 Å². The molecule has 24 heavy (non-hydrogen) atoms. The smallest absolute Gasteiger partial charge is 0.231 e. The molecule has 0 aliphatic carbocycles. The lowest BCUT2D eigenvalue weighted by Crippen LogP contribution is -2.21. The molecule has 1 amide bonds. The zero-order valence-corrected chi connectivity index (χ0v) is 13.6. The van der Waals surface area contributed by atoms with Gasteiger partial charge < -0.3 is 20.1 Å². The highest BCUT2D eigenvalue weighted by Gasteiger charge is 2.19. The largest absolute Gasteiger partial charge is 0.454 e. The fraction of sp³-hybridized carbons (Fsp3) is 0.316. The van der Waals surface area contributed by atoms with E-state index in [9.17, 15) is 4.79 Å². The van der Waals surface area contributed by atoms with Crippen molar-refractivity contribution < 1.29 is 14.3 Å². The van der Waals surface area contributed by atoms with Gasteiger partial charge in [-0.1, -0.05) is 24.3 Å². The zero-order chi connectivity index (χ0) is 16.5. The summed E-state index contributed by atoms with van der Waals surface area (Å²) >= 11 is 0. The molecule has 0 saturated carbocycles. The van der Waals surface area contributed by atoms with E-state index in [-0.39, 0.29) is 11.9 Å². The Morgan fingerprint density at radius 2 is 2.12 bits per heavy atom. The Kier molecular flexibility index (Phi) is 3.86. The Hall–Kier alpha value is -2.53. The van der Waals surface area contributed by atoms with Crippen molar-refractivity contribution >= 4 is 11.6 Å². The fourth-order valence-corrected chi connectivity index (χ4v) is 3.18. The number of rotatable bonds is 4. The number of amides is 1. The van der Waals surface area contributed by atoms with Crippen molar-refractivity contribution in [2.24, 2.45) is 0 Å². The second-order valence-electron chi connectivity index (χ2n) is 6.22. The maximum atomic E-state index is 11.5. The molecule has 2 aromatic carbocycles. The monoisotopic (exact) mass is 324 g/mol. The number of carbonyl (C=O) groups is 1. The average molecular weight is 324 g/mol. The van der Waals surface area contributed by atoms with E-state index in [1.165, 1.54) is 11.1 Å². The number of ether oxygens (including phenoxy) is 2. The van der Waals surface area contributed by atoms with Crippen molar-refractivity contribution in [1.82, 2.24) is 5.32 Å². The topological polar surface area (TPSA) is 59.6 Å². The predicted molar refractivity (Wildman–Crippen MR) is 91.2 cm³/mol. The van der Waals surface area contributed by atoms with Crippen LogP contribution in [0.3, 0.4) is 0 Å². The molecule has 0 aromatic heterocycles. The number of hydrogen-bond acceptors (Lipinski definition) is 4. The first-order chi connectivity index (χ1) is 11.7. The SMILES string of the molecule is CC(NCc1cccc2c1OCO2)c1ccc2c(c1)CCC(=O)N2. The molecule has 0 fully saturated rings. The van der Waals surface area contributed by atoms with Crippen LogP contribution in [-0.4, -0.2) is 12.7 Å². The highest BCUT2D eigenvalue weighted by Crippen LogP contribution is 2.35. The highest BCUT2D eigenvalue weighted by atomic mass is 16.7. The normalized spacial score (nSPS) is 16.5. The second-order valence-corrected chi connectivity index (χ2v) is 6.22. The summed E-state index contributed by atoms with van der Waals surface area (Å²) < 4.78 is 11.0. The van der Waals surface area contributed by atoms with Gasteiger partial charge in [-0.25, -0.2) is 0 Å². The van der Waals surface area contributed by atoms with Crippen molar-refractivity contribution in [3.05, 3.63) is 53.1 Å². The van der Waals surface area contributed by atoms with Crippen LogP contribution in [0.25, 0.3) is 0 Å². The minimum Gasteiger partial charge on any atom is -0.454 e. The van der Waals surface area contributed by atoms with Crippen molar-refractivity contribution in [3.8, 4) is 11.5 Å². The van der Waals surface area contributed by atoms with Crippen LogP contribution in [0.2, 0.25) is 0 Å². The maximum Gasteiger partial charge on any atom is 0.231 e. The van der Waals surface area contributed by atoms with Crippen LogP contribution in [0.5, 0.6) is 11.5 Å². The minimum atomic E-state index is 0.0987. The lowest BCUT2D eigenvalue weighted by atomic mass is 9.97. The van der Waals surface area contributed by atoms with E-state index in [4.69, 9.17) is 9.47 Å². The molecule has 0 radical (unpaired) electrons. The van der Waals surface area contributed by atoms with Crippen LogP contribution in [0.4, 0.5) is 5.69 Å². The quantitative estimate of drug-likeness (QED) is 0.907. The van der Waals surface area contributed by atoms with Crippen LogP contribution in [-0.2, 0) is 17.8 Å². The summed E-state index contributed by atoms with van der Waals surface area (Å²) in [4.78, 5) is 11.5. The molecule has 2 heterocycles. The van der Waals surface area contributed by atoms with Gasteiger partial charge in [0.05, 0.1) is 0 Å². The highest BCUT2D eigenvalue weighted by molar-refractivity contribution is 5.93. The van der Waals surface area contributed by atoms with E-state index in [0.29, 0.717) is 19.8 Å². The number of carbonyl (C=O) groups excluding carboxylic acids is 1. The molecule has 1 atom stereocenters. The van der Waals surface area contributed by atoms with Crippen molar-refractivity contribution in [1.29, 1.82) is 0 Å². The first-order valence-electron chi connectivity index (χ1n) is 8.24. The summed E-state index contributed by atoms with van der Waals surface area (Å²) in [7, 11) is 0. The Morgan fingerprint density at radius 3 is 3.04 bits per heavy atom. The molecule has 2 aromatic rings. The molecule has 2 aliphatic rings. The van der Waals surface area contributed by atoms with E-state index in [2.05, 4.69) is 35.8 Å². The van der Waals surface area contributed by atoms with Gasteiger partial charge in [-0.3, -0.25) is 4.79 Å². The molecule has 0 saturated heterocycles. The van der Waals surface area contributed by atoms with Gasteiger partial charge in [-0.2, -0.15) is 0 Å². The number of benzene rings is 2. The molecule has 124 valence electrons. The lowest BCUT2D eigenvalue weighted by Gasteiger charge is -2.20. The van der Waals surface area contributed by atoms with Gasteiger partial charge in [0.15, 0.2) is 11.5 Å². The summed E-state index contributed by atoms with van der Waals surface area (Å²) in [5.74, 6) is 1.75. The van der Waals surface area contributed by atoms with Gasteiger partial charge in [-0.05, 0) is 36.6 Å². The first-order valence-corrected chi connectivity index (χ1v) is 8.24. The van der Waals surface area contributed by atoms with Crippen molar-refractivity contribution in [3.63, 3.8) is 0 Å². The number of fused-ring (bicyclic) bond motifs is 2. The first kappa shape index (κ1) is 15.0. The number of aryl methyl sites for hydroxylation is 1. The summed E-state index contributed by atoms with van der Waals surface area (Å²) in [5.41, 5.74) is 4.46. The number of para-hydroxylation sites is 1. The van der Waals surface area contributed by atoms with Crippen molar-refractivity contribution in [2.45, 2.75) is 32.4 Å². The summed E-state index contributed by atoms with van der Waals surface area (Å²) in [6.45, 7) is 3.14. The zero-order valence-electron chi connectivity index (χ0n) is 13.6. The van der Waals surface area contributed by atoms with E-state index in [0.717, 1.165) is 29.2 Å². The third kappa shape index (κ3) is 2.83. The maximum absolute atomic E-state index is 11.5. The van der Waals surface area contributed by atoms with E-state index >= 15 is 0 Å². The second kappa shape index (κ2) is 6.17. The van der Waals surface area contributed by atoms with Crippen molar-refractivity contribution in [2.75, 3.05) is 12.1 Å². The van der Waals surface area contributed by atoms with Gasteiger partial charge >= 0.3 is 0 Å². The van der Waals surface area contributed by atoms with Crippen LogP contribution >= 0.6 is 0 Å². The molecule has 4 rings (SSSR count). The number of anilines is 1. The van der Waals surface area contributed by atoms with Crippen LogP contribution in [0.15, 0.2) is 36.4 Å². The number of hydrogen-bond donors (Lipinski definition) is 2. The molecule has 2 aliphatic heterocycles. The van der Waals surface area contributed by atoms with E-state index in [1.54, 1.807) is 0 Å². The van der Waals surface area contributed by atoms with Gasteiger partial charge in [0, 0.05) is 30.3 Å². The molecular formula is C19H20N2O3. The Bertz CT molecular complexity index is 788. The Morgan fingerprint density at radius 1 is 1.21 bits per heavy atom. The minimum absolute atomic E-state index is 0.0987.